The molecule has 1 aliphatic rings. The van der Waals surface area contributed by atoms with Crippen LogP contribution in [0.2, 0.25) is 0 Å². The summed E-state index contributed by atoms with van der Waals surface area (Å²) in [5.74, 6) is 1.86. The van der Waals surface area contributed by atoms with Crippen molar-refractivity contribution in [1.29, 1.82) is 0 Å². The summed E-state index contributed by atoms with van der Waals surface area (Å²) in [7, 11) is 1.58. The van der Waals surface area contributed by atoms with Crippen molar-refractivity contribution in [2.24, 2.45) is 4.99 Å². The number of benzene rings is 3. The van der Waals surface area contributed by atoms with E-state index in [-0.39, 0.29) is 5.70 Å². The summed E-state index contributed by atoms with van der Waals surface area (Å²) in [6.45, 7) is 3.02. The number of ether oxygens (including phenoxy) is 4. The molecule has 1 aliphatic heterocycles. The molecular formula is C27H25NO5. The van der Waals surface area contributed by atoms with Crippen LogP contribution in [0.25, 0.3) is 6.08 Å². The Kier molecular flexibility index (Phi) is 7.05. The number of cyclic esters (lactones) is 1. The lowest BCUT2D eigenvalue weighted by molar-refractivity contribution is -0.129. The highest BCUT2D eigenvalue weighted by Crippen LogP contribution is 2.30. The lowest BCUT2D eigenvalue weighted by atomic mass is 10.1. The average Bonchev–Trinajstić information content (AvgIpc) is 3.20. The summed E-state index contributed by atoms with van der Waals surface area (Å²) >= 11 is 0. The summed E-state index contributed by atoms with van der Waals surface area (Å²) in [6, 6.07) is 22.8. The number of hydrogen-bond donors (Lipinski definition) is 0. The van der Waals surface area contributed by atoms with Gasteiger partial charge in [0.1, 0.15) is 5.75 Å². The van der Waals surface area contributed by atoms with E-state index in [1.807, 2.05) is 73.7 Å². The van der Waals surface area contributed by atoms with E-state index in [1.165, 1.54) is 0 Å². The highest BCUT2D eigenvalue weighted by molar-refractivity contribution is 6.12. The standard InChI is InChI=1S/C27H25NO5/c1-19-8-6-9-21(16-19)26-28-23(27(29)33-26)17-20-12-13-24(25(18-20)30-2)32-15-7-14-31-22-10-4-3-5-11-22/h3-6,8-13,16-18H,7,14-15H2,1-2H3/b23-17+. The minimum Gasteiger partial charge on any atom is -0.493 e. The first-order valence-electron chi connectivity index (χ1n) is 10.7. The minimum atomic E-state index is -0.482. The zero-order chi connectivity index (χ0) is 23.0. The van der Waals surface area contributed by atoms with Gasteiger partial charge in [-0.15, -0.1) is 0 Å². The summed E-state index contributed by atoms with van der Waals surface area (Å²) in [5.41, 5.74) is 2.83. The molecule has 0 aliphatic carbocycles. The maximum absolute atomic E-state index is 12.3. The number of hydrogen-bond acceptors (Lipinski definition) is 6. The van der Waals surface area contributed by atoms with Crippen molar-refractivity contribution >= 4 is 17.9 Å². The molecule has 1 heterocycles. The third kappa shape index (κ3) is 5.80. The Morgan fingerprint density at radius 1 is 0.909 bits per heavy atom. The van der Waals surface area contributed by atoms with E-state index in [2.05, 4.69) is 4.99 Å². The lowest BCUT2D eigenvalue weighted by Gasteiger charge is -2.12. The smallest absolute Gasteiger partial charge is 0.363 e. The van der Waals surface area contributed by atoms with Gasteiger partial charge in [0.15, 0.2) is 17.2 Å². The average molecular weight is 443 g/mol. The molecule has 0 saturated heterocycles. The van der Waals surface area contributed by atoms with E-state index in [0.717, 1.165) is 28.9 Å². The van der Waals surface area contributed by atoms with Gasteiger partial charge in [0, 0.05) is 12.0 Å². The molecule has 6 nitrogen and oxygen atoms in total. The van der Waals surface area contributed by atoms with Crippen molar-refractivity contribution in [1.82, 2.24) is 0 Å². The molecule has 0 unspecified atom stereocenters. The van der Waals surface area contributed by atoms with Crippen LogP contribution in [0.1, 0.15) is 23.1 Å². The number of nitrogens with zero attached hydrogens (tertiary/aromatic N) is 1. The molecule has 0 fully saturated rings. The van der Waals surface area contributed by atoms with Crippen molar-refractivity contribution in [3.63, 3.8) is 0 Å². The van der Waals surface area contributed by atoms with E-state index < -0.39 is 5.97 Å². The van der Waals surface area contributed by atoms with Crippen LogP contribution >= 0.6 is 0 Å². The van der Waals surface area contributed by atoms with Crippen molar-refractivity contribution in [2.75, 3.05) is 20.3 Å². The maximum atomic E-state index is 12.3. The van der Waals surface area contributed by atoms with Crippen LogP contribution < -0.4 is 14.2 Å². The second kappa shape index (κ2) is 10.5. The summed E-state index contributed by atoms with van der Waals surface area (Å²) in [5, 5.41) is 0. The Hall–Kier alpha value is -4.06. The molecule has 0 saturated carbocycles. The third-order valence-corrected chi connectivity index (χ3v) is 4.93. The zero-order valence-electron chi connectivity index (χ0n) is 18.6. The number of para-hydroxylation sites is 1. The first kappa shape index (κ1) is 22.1. The number of aryl methyl sites for hydroxylation is 1. The number of carbonyl (C=O) groups excluding carboxylic acids is 1. The summed E-state index contributed by atoms with van der Waals surface area (Å²) in [4.78, 5) is 16.7. The SMILES string of the molecule is COc1cc(/C=C2/N=C(c3cccc(C)c3)OC2=O)ccc1OCCCOc1ccccc1. The van der Waals surface area contributed by atoms with Crippen LogP contribution in [-0.4, -0.2) is 32.2 Å². The van der Waals surface area contributed by atoms with E-state index in [9.17, 15) is 4.79 Å². The molecule has 3 aromatic rings. The lowest BCUT2D eigenvalue weighted by Crippen LogP contribution is -2.06. The monoisotopic (exact) mass is 443 g/mol. The second-order valence-electron chi connectivity index (χ2n) is 7.48. The van der Waals surface area contributed by atoms with Gasteiger partial charge in [0.2, 0.25) is 5.90 Å². The fourth-order valence-corrected chi connectivity index (χ4v) is 3.31. The molecule has 6 heteroatoms. The maximum Gasteiger partial charge on any atom is 0.363 e. The molecule has 0 amide bonds. The largest absolute Gasteiger partial charge is 0.493 e. The van der Waals surface area contributed by atoms with Crippen LogP contribution in [-0.2, 0) is 9.53 Å². The number of esters is 1. The molecule has 0 radical (unpaired) electrons. The molecule has 0 atom stereocenters. The minimum absolute atomic E-state index is 0.236. The van der Waals surface area contributed by atoms with Crippen molar-refractivity contribution in [2.45, 2.75) is 13.3 Å². The Bertz CT molecular complexity index is 1180. The number of rotatable bonds is 9. The summed E-state index contributed by atoms with van der Waals surface area (Å²) in [6.07, 6.45) is 2.40. The Morgan fingerprint density at radius 3 is 2.52 bits per heavy atom. The quantitative estimate of drug-likeness (QED) is 0.258. The summed E-state index contributed by atoms with van der Waals surface area (Å²) < 4.78 is 22.3. The van der Waals surface area contributed by atoms with Gasteiger partial charge in [-0.3, -0.25) is 0 Å². The molecule has 0 bridgehead atoms. The first-order chi connectivity index (χ1) is 16.1. The number of methoxy groups -OCH3 is 1. The van der Waals surface area contributed by atoms with Crippen LogP contribution in [0.15, 0.2) is 83.5 Å². The van der Waals surface area contributed by atoms with E-state index in [4.69, 9.17) is 18.9 Å². The van der Waals surface area contributed by atoms with Gasteiger partial charge in [-0.1, -0.05) is 42.0 Å². The van der Waals surface area contributed by atoms with Crippen LogP contribution in [0, 0.1) is 6.92 Å². The van der Waals surface area contributed by atoms with Gasteiger partial charge in [-0.2, -0.15) is 0 Å². The Balaban J connectivity index is 1.39. The molecular weight excluding hydrogens is 418 g/mol. The molecule has 0 aromatic heterocycles. The molecule has 0 spiro atoms. The van der Waals surface area contributed by atoms with Gasteiger partial charge < -0.3 is 18.9 Å². The van der Waals surface area contributed by atoms with Crippen LogP contribution in [0.4, 0.5) is 0 Å². The van der Waals surface area contributed by atoms with Crippen molar-refractivity contribution in [3.8, 4) is 17.2 Å². The fourth-order valence-electron chi connectivity index (χ4n) is 3.31. The molecule has 0 N–H and O–H groups in total. The van der Waals surface area contributed by atoms with Gasteiger partial charge in [-0.05, 0) is 55.0 Å². The Morgan fingerprint density at radius 2 is 1.73 bits per heavy atom. The topological polar surface area (TPSA) is 66.4 Å². The fraction of sp³-hybridized carbons (Fsp3) is 0.185. The van der Waals surface area contributed by atoms with Crippen molar-refractivity contribution < 1.29 is 23.7 Å². The third-order valence-electron chi connectivity index (χ3n) is 4.93. The van der Waals surface area contributed by atoms with Gasteiger partial charge in [0.25, 0.3) is 0 Å². The predicted molar refractivity (Wildman–Crippen MR) is 127 cm³/mol. The molecule has 3 aromatic carbocycles. The van der Waals surface area contributed by atoms with Gasteiger partial charge in [-0.25, -0.2) is 9.79 Å². The second-order valence-corrected chi connectivity index (χ2v) is 7.48. The highest BCUT2D eigenvalue weighted by Gasteiger charge is 2.24. The number of carbonyl (C=O) groups is 1. The highest BCUT2D eigenvalue weighted by atomic mass is 16.6. The first-order valence-corrected chi connectivity index (χ1v) is 10.7. The molecule has 33 heavy (non-hydrogen) atoms. The van der Waals surface area contributed by atoms with Crippen LogP contribution in [0.5, 0.6) is 17.2 Å². The van der Waals surface area contributed by atoms with E-state index in [0.29, 0.717) is 30.6 Å². The van der Waals surface area contributed by atoms with Gasteiger partial charge in [0.05, 0.1) is 20.3 Å². The normalized spacial score (nSPS) is 14.1. The van der Waals surface area contributed by atoms with E-state index in [1.54, 1.807) is 19.3 Å². The van der Waals surface area contributed by atoms with Crippen LogP contribution in [0.3, 0.4) is 0 Å². The predicted octanol–water partition coefficient (Wildman–Crippen LogP) is 5.20. The van der Waals surface area contributed by atoms with Gasteiger partial charge >= 0.3 is 5.97 Å². The Labute approximate surface area is 193 Å². The molecule has 168 valence electrons. The molecule has 4 rings (SSSR count). The zero-order valence-corrected chi connectivity index (χ0v) is 18.6. The van der Waals surface area contributed by atoms with E-state index >= 15 is 0 Å². The number of aliphatic imine (C=N–C) groups is 1. The van der Waals surface area contributed by atoms with Crippen molar-refractivity contribution in [3.05, 3.63) is 95.2 Å².